The number of para-hydroxylation sites is 1. The maximum absolute atomic E-state index is 12.1. The van der Waals surface area contributed by atoms with E-state index < -0.39 is 6.03 Å². The summed E-state index contributed by atoms with van der Waals surface area (Å²) < 4.78 is 0. The molecule has 0 saturated carbocycles. The molecule has 0 saturated heterocycles. The van der Waals surface area contributed by atoms with E-state index in [2.05, 4.69) is 5.32 Å². The number of hydrogen-bond acceptors (Lipinski definition) is 2. The van der Waals surface area contributed by atoms with Gasteiger partial charge in [0.2, 0.25) is 5.96 Å². The van der Waals surface area contributed by atoms with Crippen molar-refractivity contribution in [1.82, 2.24) is 5.32 Å². The zero-order valence-electron chi connectivity index (χ0n) is 11.2. The first-order chi connectivity index (χ1) is 9.02. The topological polar surface area (TPSA) is 82.2 Å². The van der Waals surface area contributed by atoms with Crippen LogP contribution in [0.2, 0.25) is 5.02 Å². The molecule has 0 radical (unpaired) electrons. The van der Waals surface area contributed by atoms with Gasteiger partial charge >= 0.3 is 6.03 Å². The van der Waals surface area contributed by atoms with Gasteiger partial charge < -0.3 is 11.1 Å². The number of carbonyl (C=O) groups excluding carboxylic acids is 1. The molecule has 0 fully saturated rings. The van der Waals surface area contributed by atoms with Gasteiger partial charge in [-0.2, -0.15) is 0 Å². The van der Waals surface area contributed by atoms with E-state index in [4.69, 9.17) is 22.7 Å². The van der Waals surface area contributed by atoms with Gasteiger partial charge in [0.25, 0.3) is 0 Å². The lowest BCUT2D eigenvalue weighted by Crippen LogP contribution is -2.48. The Balaban J connectivity index is 3.19. The second-order valence-electron chi connectivity index (χ2n) is 4.05. The van der Waals surface area contributed by atoms with E-state index in [1.54, 1.807) is 6.07 Å². The summed E-state index contributed by atoms with van der Waals surface area (Å²) in [5.41, 5.74) is 6.87. The van der Waals surface area contributed by atoms with E-state index in [9.17, 15) is 4.79 Å². The number of amides is 2. The van der Waals surface area contributed by atoms with Gasteiger partial charge in [-0.05, 0) is 24.5 Å². The lowest BCUT2D eigenvalue weighted by molar-refractivity contribution is 0.249. The van der Waals surface area contributed by atoms with Crippen LogP contribution in [0.3, 0.4) is 0 Å². The summed E-state index contributed by atoms with van der Waals surface area (Å²) in [7, 11) is 0. The minimum atomic E-state index is -0.433. The van der Waals surface area contributed by atoms with Gasteiger partial charge in [-0.3, -0.25) is 5.41 Å². The van der Waals surface area contributed by atoms with Crippen molar-refractivity contribution in [2.75, 3.05) is 11.4 Å². The number of nitrogens with one attached hydrogen (secondary N) is 2. The quantitative estimate of drug-likeness (QED) is 0.586. The van der Waals surface area contributed by atoms with Crippen LogP contribution in [0.5, 0.6) is 0 Å². The van der Waals surface area contributed by atoms with Gasteiger partial charge in [0.15, 0.2) is 0 Å². The average molecular weight is 283 g/mol. The Labute approximate surface area is 118 Å². The van der Waals surface area contributed by atoms with Crippen molar-refractivity contribution in [2.24, 2.45) is 5.73 Å². The molecule has 6 heteroatoms. The number of carbonyl (C=O) groups is 1. The Morgan fingerprint density at radius 2 is 2.16 bits per heavy atom. The molecule has 0 aliphatic rings. The fourth-order valence-electron chi connectivity index (χ4n) is 1.74. The second kappa shape index (κ2) is 6.99. The first-order valence-corrected chi connectivity index (χ1v) is 6.60. The highest BCUT2D eigenvalue weighted by Crippen LogP contribution is 2.30. The van der Waals surface area contributed by atoms with Crippen molar-refractivity contribution in [1.29, 1.82) is 5.41 Å². The number of benzene rings is 1. The summed E-state index contributed by atoms with van der Waals surface area (Å²) >= 11 is 6.15. The molecule has 0 aromatic heterocycles. The van der Waals surface area contributed by atoms with Gasteiger partial charge in [0.05, 0.1) is 10.7 Å². The maximum Gasteiger partial charge on any atom is 0.328 e. The molecule has 4 N–H and O–H groups in total. The molecule has 0 aliphatic carbocycles. The smallest absolute Gasteiger partial charge is 0.328 e. The van der Waals surface area contributed by atoms with Crippen molar-refractivity contribution in [3.8, 4) is 0 Å². The SMILES string of the molecule is CCCNC(=O)N(C(=N)N)c1c(Cl)cccc1CC. The largest absolute Gasteiger partial charge is 0.369 e. The van der Waals surface area contributed by atoms with Crippen LogP contribution in [-0.2, 0) is 6.42 Å². The Morgan fingerprint density at radius 3 is 2.68 bits per heavy atom. The van der Waals surface area contributed by atoms with Crippen LogP contribution >= 0.6 is 11.6 Å². The number of hydrogen-bond donors (Lipinski definition) is 3. The number of aryl methyl sites for hydroxylation is 1. The number of anilines is 1. The predicted molar refractivity (Wildman–Crippen MR) is 78.9 cm³/mol. The fourth-order valence-corrected chi connectivity index (χ4v) is 2.02. The monoisotopic (exact) mass is 282 g/mol. The van der Waals surface area contributed by atoms with Crippen LogP contribution < -0.4 is 16.0 Å². The fraction of sp³-hybridized carbons (Fsp3) is 0.385. The first-order valence-electron chi connectivity index (χ1n) is 6.22. The summed E-state index contributed by atoms with van der Waals surface area (Å²) in [4.78, 5) is 13.2. The van der Waals surface area contributed by atoms with Gasteiger partial charge in [0.1, 0.15) is 0 Å². The molecule has 19 heavy (non-hydrogen) atoms. The Kier molecular flexibility index (Phi) is 5.63. The zero-order chi connectivity index (χ0) is 14.4. The minimum absolute atomic E-state index is 0.351. The lowest BCUT2D eigenvalue weighted by atomic mass is 10.1. The first kappa shape index (κ1) is 15.3. The number of urea groups is 1. The molecule has 2 amide bonds. The molecule has 1 aromatic rings. The second-order valence-corrected chi connectivity index (χ2v) is 4.46. The van der Waals surface area contributed by atoms with Gasteiger partial charge in [-0.1, -0.05) is 37.6 Å². The van der Waals surface area contributed by atoms with Crippen LogP contribution in [-0.4, -0.2) is 18.5 Å². The molecule has 0 spiro atoms. The third-order valence-corrected chi connectivity index (χ3v) is 2.95. The molecule has 1 rings (SSSR count). The predicted octanol–water partition coefficient (Wildman–Crippen LogP) is 2.72. The van der Waals surface area contributed by atoms with Gasteiger partial charge in [0, 0.05) is 6.54 Å². The van der Waals surface area contributed by atoms with Crippen LogP contribution in [0, 0.1) is 5.41 Å². The molecule has 0 unspecified atom stereocenters. The average Bonchev–Trinajstić information content (AvgIpc) is 2.38. The van der Waals surface area contributed by atoms with E-state index in [1.807, 2.05) is 26.0 Å². The third kappa shape index (κ3) is 3.61. The number of rotatable bonds is 4. The minimum Gasteiger partial charge on any atom is -0.369 e. The number of nitrogens with zero attached hydrogens (tertiary/aromatic N) is 1. The molecule has 104 valence electrons. The summed E-state index contributed by atoms with van der Waals surface area (Å²) in [6.07, 6.45) is 1.50. The number of guanidine groups is 1. The van der Waals surface area contributed by atoms with E-state index in [1.165, 1.54) is 0 Å². The highest BCUT2D eigenvalue weighted by molar-refractivity contribution is 6.35. The van der Waals surface area contributed by atoms with E-state index in [0.29, 0.717) is 23.7 Å². The van der Waals surface area contributed by atoms with Gasteiger partial charge in [-0.15, -0.1) is 0 Å². The molecule has 0 atom stereocenters. The van der Waals surface area contributed by atoms with E-state index >= 15 is 0 Å². The van der Waals surface area contributed by atoms with E-state index in [0.717, 1.165) is 16.9 Å². The lowest BCUT2D eigenvalue weighted by Gasteiger charge is -2.24. The molecule has 0 aliphatic heterocycles. The molecule has 5 nitrogen and oxygen atoms in total. The van der Waals surface area contributed by atoms with Gasteiger partial charge in [-0.25, -0.2) is 9.69 Å². The van der Waals surface area contributed by atoms with Crippen LogP contribution in [0.25, 0.3) is 0 Å². The normalized spacial score (nSPS) is 10.1. The zero-order valence-corrected chi connectivity index (χ0v) is 11.9. The van der Waals surface area contributed by atoms with Crippen molar-refractivity contribution < 1.29 is 4.79 Å². The molecule has 0 heterocycles. The highest BCUT2D eigenvalue weighted by Gasteiger charge is 2.23. The molecular formula is C13H19ClN4O. The summed E-state index contributed by atoms with van der Waals surface area (Å²) in [5.74, 6) is -0.351. The maximum atomic E-state index is 12.1. The molecule has 0 bridgehead atoms. The number of halogens is 1. The highest BCUT2D eigenvalue weighted by atomic mass is 35.5. The third-order valence-electron chi connectivity index (χ3n) is 2.65. The van der Waals surface area contributed by atoms with Crippen molar-refractivity contribution in [3.63, 3.8) is 0 Å². The standard InChI is InChI=1S/C13H19ClN4O/c1-3-8-17-13(19)18(12(15)16)11-9(4-2)6-5-7-10(11)14/h5-7H,3-4,8H2,1-2H3,(H3,15,16)(H,17,19). The molecule has 1 aromatic carbocycles. The van der Waals surface area contributed by atoms with Crippen molar-refractivity contribution in [2.45, 2.75) is 26.7 Å². The van der Waals surface area contributed by atoms with E-state index in [-0.39, 0.29) is 5.96 Å². The molecular weight excluding hydrogens is 264 g/mol. The summed E-state index contributed by atoms with van der Waals surface area (Å²) in [5, 5.41) is 10.7. The Bertz CT molecular complexity index is 476. The Hall–Kier alpha value is -1.75. The number of nitrogens with two attached hydrogens (primary N) is 1. The van der Waals surface area contributed by atoms with Crippen LogP contribution in [0.4, 0.5) is 10.5 Å². The Morgan fingerprint density at radius 1 is 1.47 bits per heavy atom. The van der Waals surface area contributed by atoms with Crippen LogP contribution in [0.1, 0.15) is 25.8 Å². The summed E-state index contributed by atoms with van der Waals surface area (Å²) in [6, 6.07) is 4.92. The summed E-state index contributed by atoms with van der Waals surface area (Å²) in [6.45, 7) is 4.43. The van der Waals surface area contributed by atoms with Crippen molar-refractivity contribution in [3.05, 3.63) is 28.8 Å². The van der Waals surface area contributed by atoms with Crippen molar-refractivity contribution >= 4 is 29.3 Å². The van der Waals surface area contributed by atoms with Crippen LogP contribution in [0.15, 0.2) is 18.2 Å².